The third-order valence-electron chi connectivity index (χ3n) is 3.40. The second-order valence-corrected chi connectivity index (χ2v) is 5.56. The van der Waals surface area contributed by atoms with Crippen LogP contribution in [-0.4, -0.2) is 19.2 Å². The van der Waals surface area contributed by atoms with Crippen molar-refractivity contribution < 1.29 is 13.9 Å². The summed E-state index contributed by atoms with van der Waals surface area (Å²) >= 11 is 6.12. The Balaban J connectivity index is 2.40. The highest BCUT2D eigenvalue weighted by atomic mass is 35.5. The van der Waals surface area contributed by atoms with Crippen LogP contribution in [0.5, 0.6) is 0 Å². The molecule has 1 unspecified atom stereocenters. The fourth-order valence-electron chi connectivity index (χ4n) is 2.10. The van der Waals surface area contributed by atoms with Crippen molar-refractivity contribution in [3.8, 4) is 0 Å². The molecule has 1 N–H and O–H groups in total. The number of benzene rings is 2. The van der Waals surface area contributed by atoms with Gasteiger partial charge in [-0.3, -0.25) is 0 Å². The first-order chi connectivity index (χ1) is 10.3. The predicted octanol–water partition coefficient (Wildman–Crippen LogP) is 4.43. The molecule has 22 heavy (non-hydrogen) atoms. The van der Waals surface area contributed by atoms with E-state index in [1.54, 1.807) is 18.2 Å². The maximum absolute atomic E-state index is 13.8. The van der Waals surface area contributed by atoms with E-state index in [0.29, 0.717) is 10.6 Å². The summed E-state index contributed by atoms with van der Waals surface area (Å²) in [4.78, 5) is 1.85. The highest BCUT2D eigenvalue weighted by Gasteiger charge is 2.20. The lowest BCUT2D eigenvalue weighted by atomic mass is 9.95. The van der Waals surface area contributed by atoms with Gasteiger partial charge in [-0.25, -0.2) is 8.78 Å². The fourth-order valence-corrected chi connectivity index (χ4v) is 2.32. The molecule has 5 heteroatoms. The zero-order valence-corrected chi connectivity index (χ0v) is 13.0. The molecule has 2 aromatic rings. The molecule has 0 amide bonds. The van der Waals surface area contributed by atoms with Gasteiger partial charge in [0, 0.05) is 42.0 Å². The van der Waals surface area contributed by atoms with Crippen LogP contribution in [0.2, 0.25) is 5.02 Å². The molecule has 2 aromatic carbocycles. The van der Waals surface area contributed by atoms with Crippen molar-refractivity contribution >= 4 is 22.9 Å². The van der Waals surface area contributed by atoms with Crippen LogP contribution >= 0.6 is 11.6 Å². The number of halogens is 3. The Morgan fingerprint density at radius 1 is 1.18 bits per heavy atom. The first-order valence-electron chi connectivity index (χ1n) is 6.60. The van der Waals surface area contributed by atoms with Crippen molar-refractivity contribution in [2.45, 2.75) is 6.10 Å². The lowest BCUT2D eigenvalue weighted by molar-refractivity contribution is 0.238. The van der Waals surface area contributed by atoms with Crippen LogP contribution in [0.1, 0.15) is 17.2 Å². The van der Waals surface area contributed by atoms with E-state index in [-0.39, 0.29) is 11.1 Å². The molecule has 0 aliphatic rings. The van der Waals surface area contributed by atoms with Gasteiger partial charge in [0.2, 0.25) is 0 Å². The van der Waals surface area contributed by atoms with E-state index in [1.807, 2.05) is 19.0 Å². The normalized spacial score (nSPS) is 12.1. The molecule has 0 saturated heterocycles. The van der Waals surface area contributed by atoms with E-state index in [1.165, 1.54) is 6.07 Å². The maximum atomic E-state index is 13.8. The number of hydrogen-bond acceptors (Lipinski definition) is 2. The van der Waals surface area contributed by atoms with E-state index < -0.39 is 17.7 Å². The highest BCUT2D eigenvalue weighted by molar-refractivity contribution is 6.31. The molecule has 0 aliphatic heterocycles. The zero-order chi connectivity index (χ0) is 16.4. The predicted molar refractivity (Wildman–Crippen MR) is 86.1 cm³/mol. The van der Waals surface area contributed by atoms with Gasteiger partial charge in [0.25, 0.3) is 0 Å². The Bertz CT molecular complexity index is 716. The minimum Gasteiger partial charge on any atom is -0.384 e. The summed E-state index contributed by atoms with van der Waals surface area (Å²) in [7, 11) is 3.71. The average molecular weight is 324 g/mol. The third kappa shape index (κ3) is 3.29. The Morgan fingerprint density at radius 3 is 2.45 bits per heavy atom. The molecule has 0 heterocycles. The summed E-state index contributed by atoms with van der Waals surface area (Å²) in [5.74, 6) is -1.46. The van der Waals surface area contributed by atoms with Crippen LogP contribution in [0, 0.1) is 11.6 Å². The summed E-state index contributed by atoms with van der Waals surface area (Å²) in [5.41, 5.74) is 1.43. The molecule has 0 spiro atoms. The van der Waals surface area contributed by atoms with Gasteiger partial charge in [0.05, 0.1) is 0 Å². The van der Waals surface area contributed by atoms with E-state index in [2.05, 4.69) is 6.58 Å². The molecular weight excluding hydrogens is 308 g/mol. The van der Waals surface area contributed by atoms with Gasteiger partial charge in [-0.2, -0.15) is 0 Å². The van der Waals surface area contributed by atoms with Crippen molar-refractivity contribution in [3.63, 3.8) is 0 Å². The largest absolute Gasteiger partial charge is 0.384 e. The standard InChI is InChI=1S/C17H16ClF2NO/c1-10(13-6-4-11(19)8-16(13)20)17(22)14-9-12(21(2)3)5-7-15(14)18/h4-9,17,22H,1H2,2-3H3. The molecule has 0 radical (unpaired) electrons. The Labute approximate surface area is 133 Å². The van der Waals surface area contributed by atoms with E-state index in [9.17, 15) is 13.9 Å². The summed E-state index contributed by atoms with van der Waals surface area (Å²) in [6, 6.07) is 8.29. The lowest BCUT2D eigenvalue weighted by Gasteiger charge is -2.20. The topological polar surface area (TPSA) is 23.5 Å². The monoisotopic (exact) mass is 323 g/mol. The SMILES string of the molecule is C=C(c1ccc(F)cc1F)C(O)c1cc(N(C)C)ccc1Cl. The number of anilines is 1. The van der Waals surface area contributed by atoms with Crippen molar-refractivity contribution in [2.24, 2.45) is 0 Å². The molecule has 0 bridgehead atoms. The Morgan fingerprint density at radius 2 is 1.86 bits per heavy atom. The van der Waals surface area contributed by atoms with Gasteiger partial charge in [-0.15, -0.1) is 0 Å². The lowest BCUT2D eigenvalue weighted by Crippen LogP contribution is -2.10. The van der Waals surface area contributed by atoms with Crippen LogP contribution in [-0.2, 0) is 0 Å². The maximum Gasteiger partial charge on any atom is 0.133 e. The molecule has 0 fully saturated rings. The third-order valence-corrected chi connectivity index (χ3v) is 3.74. The molecule has 2 nitrogen and oxygen atoms in total. The zero-order valence-electron chi connectivity index (χ0n) is 12.3. The summed E-state index contributed by atoms with van der Waals surface area (Å²) in [6.45, 7) is 3.72. The molecule has 0 aliphatic carbocycles. The van der Waals surface area contributed by atoms with Crippen molar-refractivity contribution in [3.05, 3.63) is 70.8 Å². The van der Waals surface area contributed by atoms with Gasteiger partial charge >= 0.3 is 0 Å². The molecule has 1 atom stereocenters. The number of aliphatic hydroxyl groups is 1. The first-order valence-corrected chi connectivity index (χ1v) is 6.98. The number of hydrogen-bond donors (Lipinski definition) is 1. The van der Waals surface area contributed by atoms with Crippen LogP contribution in [0.15, 0.2) is 43.0 Å². The van der Waals surface area contributed by atoms with Crippen molar-refractivity contribution in [1.29, 1.82) is 0 Å². The summed E-state index contributed by atoms with van der Waals surface area (Å²) < 4.78 is 26.8. The molecule has 116 valence electrons. The van der Waals surface area contributed by atoms with Crippen LogP contribution in [0.4, 0.5) is 14.5 Å². The number of rotatable bonds is 4. The van der Waals surface area contributed by atoms with E-state index in [4.69, 9.17) is 11.6 Å². The minimum atomic E-state index is -1.19. The van der Waals surface area contributed by atoms with Gasteiger partial charge in [-0.1, -0.05) is 18.2 Å². The summed E-state index contributed by atoms with van der Waals surface area (Å²) in [5, 5.41) is 10.8. The van der Waals surface area contributed by atoms with Gasteiger partial charge in [0.1, 0.15) is 17.7 Å². The fraction of sp³-hybridized carbons (Fsp3) is 0.176. The first kappa shape index (κ1) is 16.5. The van der Waals surface area contributed by atoms with Crippen molar-refractivity contribution in [2.75, 3.05) is 19.0 Å². The van der Waals surface area contributed by atoms with Crippen molar-refractivity contribution in [1.82, 2.24) is 0 Å². The minimum absolute atomic E-state index is 0.0558. The highest BCUT2D eigenvalue weighted by Crippen LogP contribution is 2.35. The average Bonchev–Trinajstić information content (AvgIpc) is 2.46. The molecule has 0 saturated carbocycles. The number of nitrogens with zero attached hydrogens (tertiary/aromatic N) is 1. The van der Waals surface area contributed by atoms with E-state index >= 15 is 0 Å². The van der Waals surface area contributed by atoms with Crippen LogP contribution in [0.25, 0.3) is 5.57 Å². The Hall–Kier alpha value is -1.91. The van der Waals surface area contributed by atoms with Crippen LogP contribution in [0.3, 0.4) is 0 Å². The molecular formula is C17H16ClF2NO. The Kier molecular flexibility index (Phi) is 4.84. The second-order valence-electron chi connectivity index (χ2n) is 5.15. The smallest absolute Gasteiger partial charge is 0.133 e. The van der Waals surface area contributed by atoms with Crippen LogP contribution < -0.4 is 4.90 Å². The summed E-state index contributed by atoms with van der Waals surface area (Å²) in [6.07, 6.45) is -1.19. The number of aliphatic hydroxyl groups excluding tert-OH is 1. The van der Waals surface area contributed by atoms with Gasteiger partial charge in [0.15, 0.2) is 0 Å². The van der Waals surface area contributed by atoms with Gasteiger partial charge < -0.3 is 10.0 Å². The molecule has 0 aromatic heterocycles. The molecule has 2 rings (SSSR count). The second kappa shape index (κ2) is 6.46. The quantitative estimate of drug-likeness (QED) is 0.899. The van der Waals surface area contributed by atoms with E-state index in [0.717, 1.165) is 17.8 Å². The van der Waals surface area contributed by atoms with Gasteiger partial charge in [-0.05, 0) is 35.9 Å².